The topological polar surface area (TPSA) is 198 Å². The number of phenols is 4. The van der Waals surface area contributed by atoms with Crippen molar-refractivity contribution in [3.05, 3.63) is 62.2 Å². The minimum absolute atomic E-state index is 0.00210. The number of aryl methyl sites for hydroxylation is 1. The number of aromatic carboxylic acids is 1. The van der Waals surface area contributed by atoms with Crippen molar-refractivity contribution in [1.29, 1.82) is 0 Å². The lowest BCUT2D eigenvalue weighted by Gasteiger charge is -2.30. The lowest BCUT2D eigenvalue weighted by molar-refractivity contribution is 0.0693. The van der Waals surface area contributed by atoms with Crippen LogP contribution in [0.4, 0.5) is 0 Å². The second kappa shape index (κ2) is 11.2. The average molecular weight is 620 g/mol. The Morgan fingerprint density at radius 1 is 1.00 bits per heavy atom. The average Bonchev–Trinajstić information content (AvgIpc) is 2.96. The molecule has 2 aliphatic carbocycles. The molecule has 13 heteroatoms. The SMILES string of the molecule is COc1c2c(c(O)c3c1C(=O)c1c(cc(O)c(C)c1O)C3=O)-c1c(cc(/C=N/NC(=S)NCC(C)C)c(C(=O)O)c1O)CC2. The van der Waals surface area contributed by atoms with Gasteiger partial charge >= 0.3 is 5.97 Å². The number of carboxylic acids is 1. The van der Waals surface area contributed by atoms with Gasteiger partial charge in [-0.15, -0.1) is 0 Å². The molecular weight excluding hydrogens is 590 g/mol. The molecule has 0 fully saturated rings. The first-order valence-electron chi connectivity index (χ1n) is 13.6. The summed E-state index contributed by atoms with van der Waals surface area (Å²) in [6.07, 6.45) is 1.63. The third kappa shape index (κ3) is 4.65. The fraction of sp³-hybridized carbons (Fsp3) is 0.258. The number of nitrogens with one attached hydrogen (secondary N) is 2. The molecule has 0 spiro atoms. The number of hydrazone groups is 1. The van der Waals surface area contributed by atoms with Crippen molar-refractivity contribution in [3.8, 4) is 39.9 Å². The molecule has 0 aliphatic heterocycles. The number of thiocarbonyl (C=S) groups is 1. The quantitative estimate of drug-likeness (QED) is 0.0943. The Hall–Kier alpha value is -5.17. The molecular formula is C31H29N3O9S. The van der Waals surface area contributed by atoms with Gasteiger partial charge in [0.25, 0.3) is 0 Å². The molecule has 0 heterocycles. The highest BCUT2D eigenvalue weighted by Gasteiger charge is 2.42. The summed E-state index contributed by atoms with van der Waals surface area (Å²) in [7, 11) is 1.27. The predicted molar refractivity (Wildman–Crippen MR) is 164 cm³/mol. The number of methoxy groups -OCH3 is 1. The number of aromatic hydroxyl groups is 4. The van der Waals surface area contributed by atoms with Crippen LogP contribution in [-0.2, 0) is 12.8 Å². The highest BCUT2D eigenvalue weighted by Crippen LogP contribution is 2.54. The Kier molecular flexibility index (Phi) is 7.68. The maximum absolute atomic E-state index is 13.7. The molecule has 12 nitrogen and oxygen atoms in total. The van der Waals surface area contributed by atoms with Crippen LogP contribution >= 0.6 is 12.2 Å². The monoisotopic (exact) mass is 619 g/mol. The molecule has 5 rings (SSSR count). The zero-order valence-electron chi connectivity index (χ0n) is 24.2. The van der Waals surface area contributed by atoms with Crippen molar-refractivity contribution < 1.29 is 44.7 Å². The van der Waals surface area contributed by atoms with Gasteiger partial charge in [0, 0.05) is 39.9 Å². The van der Waals surface area contributed by atoms with Crippen LogP contribution in [0.3, 0.4) is 0 Å². The molecule has 0 radical (unpaired) electrons. The Morgan fingerprint density at radius 3 is 2.34 bits per heavy atom. The first-order valence-corrected chi connectivity index (χ1v) is 14.0. The van der Waals surface area contributed by atoms with E-state index in [2.05, 4.69) is 15.8 Å². The summed E-state index contributed by atoms with van der Waals surface area (Å²) in [5, 5.41) is 61.2. The number of fused-ring (bicyclic) bond motifs is 5. The van der Waals surface area contributed by atoms with E-state index in [1.165, 1.54) is 26.3 Å². The van der Waals surface area contributed by atoms with E-state index in [9.17, 15) is 39.9 Å². The fourth-order valence-electron chi connectivity index (χ4n) is 5.66. The third-order valence-corrected chi connectivity index (χ3v) is 7.98. The van der Waals surface area contributed by atoms with Gasteiger partial charge in [-0.2, -0.15) is 5.10 Å². The van der Waals surface area contributed by atoms with Crippen molar-refractivity contribution in [3.63, 3.8) is 0 Å². The van der Waals surface area contributed by atoms with Crippen LogP contribution in [0.5, 0.6) is 28.7 Å². The molecule has 3 aromatic rings. The van der Waals surface area contributed by atoms with E-state index in [1.807, 2.05) is 13.8 Å². The normalized spacial score (nSPS) is 13.3. The van der Waals surface area contributed by atoms with E-state index in [0.717, 1.165) is 6.07 Å². The lowest BCUT2D eigenvalue weighted by Crippen LogP contribution is -2.34. The number of benzene rings is 3. The highest BCUT2D eigenvalue weighted by molar-refractivity contribution is 7.80. The number of carboxylic acid groups (broad SMARTS) is 1. The van der Waals surface area contributed by atoms with E-state index in [0.29, 0.717) is 18.0 Å². The number of hydrogen-bond donors (Lipinski definition) is 7. The van der Waals surface area contributed by atoms with Crippen molar-refractivity contribution in [2.45, 2.75) is 33.6 Å². The number of hydrogen-bond acceptors (Lipinski definition) is 10. The second-order valence-electron chi connectivity index (χ2n) is 10.9. The molecule has 7 N–H and O–H groups in total. The van der Waals surface area contributed by atoms with E-state index in [1.54, 1.807) is 0 Å². The van der Waals surface area contributed by atoms with E-state index < -0.39 is 51.7 Å². The van der Waals surface area contributed by atoms with Crippen LogP contribution < -0.4 is 15.5 Å². The number of phenolic OH excluding ortho intramolecular Hbond substituents is 3. The summed E-state index contributed by atoms with van der Waals surface area (Å²) in [6.45, 7) is 5.97. The van der Waals surface area contributed by atoms with Crippen LogP contribution in [-0.4, -0.2) is 68.1 Å². The molecule has 0 amide bonds. The number of ketones is 2. The molecule has 0 unspecified atom stereocenters. The molecule has 44 heavy (non-hydrogen) atoms. The Bertz CT molecular complexity index is 1850. The molecule has 0 bridgehead atoms. The summed E-state index contributed by atoms with van der Waals surface area (Å²) >= 11 is 5.17. The van der Waals surface area contributed by atoms with Crippen LogP contribution in [0.2, 0.25) is 0 Å². The molecule has 0 atom stereocenters. The standard InChI is InChI=1S/C31H29N3O9S/c1-11(2)9-32-31(44)34-33-10-14-7-13-5-6-15-20(18(13)26(38)19(14)30(41)42)27(39)22-23(29(15)43-4)28(40)21-16(25(22)37)8-17(35)12(3)24(21)36/h7-8,10-11,35-36,38-39H,5-6,9H2,1-4H3,(H,41,42)(H2,32,34,44)/b33-10+. The molecule has 0 aromatic heterocycles. The van der Waals surface area contributed by atoms with Crippen LogP contribution in [0, 0.1) is 12.8 Å². The predicted octanol–water partition coefficient (Wildman–Crippen LogP) is 3.52. The Labute approximate surface area is 256 Å². The molecule has 3 aromatic carbocycles. The molecule has 0 saturated heterocycles. The van der Waals surface area contributed by atoms with E-state index >= 15 is 0 Å². The minimum Gasteiger partial charge on any atom is -0.508 e. The highest BCUT2D eigenvalue weighted by atomic mass is 32.1. The Balaban J connectivity index is 1.70. The number of ether oxygens (including phenoxy) is 1. The number of nitrogens with zero attached hydrogens (tertiary/aromatic N) is 1. The maximum Gasteiger partial charge on any atom is 0.340 e. The van der Waals surface area contributed by atoms with Crippen molar-refractivity contribution in [2.75, 3.05) is 13.7 Å². The summed E-state index contributed by atoms with van der Waals surface area (Å²) in [6, 6.07) is 2.54. The van der Waals surface area contributed by atoms with Crippen LogP contribution in [0.15, 0.2) is 17.2 Å². The number of rotatable bonds is 6. The maximum atomic E-state index is 13.7. The smallest absolute Gasteiger partial charge is 0.340 e. The van der Waals surface area contributed by atoms with Crippen molar-refractivity contribution >= 4 is 41.1 Å². The van der Waals surface area contributed by atoms with Gasteiger partial charge in [-0.05, 0) is 55.6 Å². The molecule has 0 saturated carbocycles. The largest absolute Gasteiger partial charge is 0.508 e. The van der Waals surface area contributed by atoms with Gasteiger partial charge in [-0.3, -0.25) is 15.0 Å². The molecule has 2 aliphatic rings. The fourth-order valence-corrected chi connectivity index (χ4v) is 5.80. The zero-order valence-corrected chi connectivity index (χ0v) is 25.0. The van der Waals surface area contributed by atoms with Crippen molar-refractivity contribution in [1.82, 2.24) is 10.7 Å². The Morgan fingerprint density at radius 2 is 1.70 bits per heavy atom. The van der Waals surface area contributed by atoms with Gasteiger partial charge in [0.1, 0.15) is 34.3 Å². The van der Waals surface area contributed by atoms with Gasteiger partial charge < -0.3 is 35.6 Å². The van der Waals surface area contributed by atoms with Gasteiger partial charge in [-0.25, -0.2) is 4.79 Å². The van der Waals surface area contributed by atoms with E-state index in [-0.39, 0.29) is 68.2 Å². The second-order valence-corrected chi connectivity index (χ2v) is 11.3. The van der Waals surface area contributed by atoms with Gasteiger partial charge in [0.05, 0.1) is 30.0 Å². The third-order valence-electron chi connectivity index (χ3n) is 7.75. The van der Waals surface area contributed by atoms with Crippen LogP contribution in [0.25, 0.3) is 11.1 Å². The van der Waals surface area contributed by atoms with Gasteiger partial charge in [-0.1, -0.05) is 13.8 Å². The number of carbonyl (C=O) groups is 3. The first-order chi connectivity index (χ1) is 20.8. The lowest BCUT2D eigenvalue weighted by atomic mass is 9.74. The van der Waals surface area contributed by atoms with Crippen LogP contribution in [0.1, 0.15) is 78.3 Å². The number of carbonyl (C=O) groups excluding carboxylic acids is 2. The minimum atomic E-state index is -1.48. The van der Waals surface area contributed by atoms with Crippen molar-refractivity contribution in [2.24, 2.45) is 11.0 Å². The summed E-state index contributed by atoms with van der Waals surface area (Å²) < 4.78 is 5.60. The summed E-state index contributed by atoms with van der Waals surface area (Å²) in [5.41, 5.74) is 1.37. The zero-order chi connectivity index (χ0) is 32.2. The summed E-state index contributed by atoms with van der Waals surface area (Å²) in [5.74, 6) is -5.24. The van der Waals surface area contributed by atoms with E-state index in [4.69, 9.17) is 17.0 Å². The first kappa shape index (κ1) is 30.3. The summed E-state index contributed by atoms with van der Waals surface area (Å²) in [4.78, 5) is 39.8. The molecule has 228 valence electrons. The van der Waals surface area contributed by atoms with Gasteiger partial charge in [0.2, 0.25) is 5.78 Å². The van der Waals surface area contributed by atoms with Gasteiger partial charge in [0.15, 0.2) is 10.9 Å².